The molecule has 202 valence electrons. The molecule has 0 spiro atoms. The van der Waals surface area contributed by atoms with E-state index in [1.807, 2.05) is 18.2 Å². The summed E-state index contributed by atoms with van der Waals surface area (Å²) in [5.74, 6) is 0.864. The first-order chi connectivity index (χ1) is 18.9. The SMILES string of the molecule is COc1cc(N2C(=O)NC3c4c(ncnc42)SC3C(=O)Nc2ccc(CN3CCN(C)CC3)cc2)ccc1Br. The molecule has 3 amide bonds. The molecule has 0 radical (unpaired) electrons. The fourth-order valence-corrected chi connectivity index (χ4v) is 6.71. The minimum Gasteiger partial charge on any atom is -0.495 e. The third-order valence-electron chi connectivity index (χ3n) is 7.25. The van der Waals surface area contributed by atoms with Crippen molar-refractivity contribution in [3.8, 4) is 5.75 Å². The van der Waals surface area contributed by atoms with Crippen molar-refractivity contribution in [2.75, 3.05) is 50.6 Å². The van der Waals surface area contributed by atoms with Crippen molar-refractivity contribution in [1.82, 2.24) is 25.1 Å². The predicted molar refractivity (Wildman–Crippen MR) is 154 cm³/mol. The number of aromatic nitrogens is 2. The van der Waals surface area contributed by atoms with Gasteiger partial charge in [-0.05, 0) is 52.8 Å². The van der Waals surface area contributed by atoms with Crippen molar-refractivity contribution in [3.63, 3.8) is 0 Å². The van der Waals surface area contributed by atoms with Crippen LogP contribution in [-0.4, -0.2) is 77.3 Å². The number of nitrogens with one attached hydrogen (secondary N) is 2. The molecular weight excluding hydrogens is 582 g/mol. The van der Waals surface area contributed by atoms with Crippen LogP contribution in [0, 0.1) is 0 Å². The summed E-state index contributed by atoms with van der Waals surface area (Å²) < 4.78 is 6.19. The zero-order chi connectivity index (χ0) is 27.1. The van der Waals surface area contributed by atoms with Gasteiger partial charge in [0.15, 0.2) is 5.82 Å². The van der Waals surface area contributed by atoms with Crippen LogP contribution >= 0.6 is 27.7 Å². The van der Waals surface area contributed by atoms with Crippen LogP contribution in [0.4, 0.5) is 22.0 Å². The van der Waals surface area contributed by atoms with Crippen LogP contribution in [0.3, 0.4) is 0 Å². The summed E-state index contributed by atoms with van der Waals surface area (Å²) in [6.07, 6.45) is 1.43. The average Bonchev–Trinajstić information content (AvgIpc) is 3.31. The number of urea groups is 1. The molecule has 6 rings (SSSR count). The van der Waals surface area contributed by atoms with Crippen LogP contribution in [0.5, 0.6) is 5.75 Å². The second kappa shape index (κ2) is 10.8. The van der Waals surface area contributed by atoms with E-state index >= 15 is 0 Å². The summed E-state index contributed by atoms with van der Waals surface area (Å²) in [4.78, 5) is 41.9. The second-order valence-corrected chi connectivity index (χ2v) is 11.8. The number of thioether (sulfide) groups is 1. The van der Waals surface area contributed by atoms with Gasteiger partial charge in [-0.2, -0.15) is 0 Å². The molecule has 3 aliphatic rings. The van der Waals surface area contributed by atoms with E-state index in [-0.39, 0.29) is 11.9 Å². The van der Waals surface area contributed by atoms with Crippen molar-refractivity contribution in [3.05, 3.63) is 64.4 Å². The highest BCUT2D eigenvalue weighted by atomic mass is 79.9. The van der Waals surface area contributed by atoms with Gasteiger partial charge in [-0.3, -0.25) is 9.69 Å². The molecule has 3 aromatic rings. The van der Waals surface area contributed by atoms with Gasteiger partial charge in [0.25, 0.3) is 0 Å². The molecule has 1 fully saturated rings. The van der Waals surface area contributed by atoms with Gasteiger partial charge in [-0.25, -0.2) is 19.7 Å². The Morgan fingerprint density at radius 3 is 2.67 bits per heavy atom. The fourth-order valence-electron chi connectivity index (χ4n) is 5.10. The highest BCUT2D eigenvalue weighted by Crippen LogP contribution is 2.50. The van der Waals surface area contributed by atoms with Crippen LogP contribution in [0.25, 0.3) is 0 Å². The Morgan fingerprint density at radius 2 is 1.92 bits per heavy atom. The summed E-state index contributed by atoms with van der Waals surface area (Å²) in [6.45, 7) is 5.16. The van der Waals surface area contributed by atoms with Crippen molar-refractivity contribution >= 4 is 56.8 Å². The minimum absolute atomic E-state index is 0.195. The number of carbonyl (C=O) groups excluding carboxylic acids is 2. The quantitative estimate of drug-likeness (QED) is 0.404. The van der Waals surface area contributed by atoms with E-state index in [1.54, 1.807) is 19.2 Å². The number of halogens is 1. The molecule has 39 heavy (non-hydrogen) atoms. The predicted octanol–water partition coefficient (Wildman–Crippen LogP) is 4.01. The number of likely N-dealkylation sites (N-methyl/N-ethyl adjacent to an activating group) is 1. The topological polar surface area (TPSA) is 103 Å². The summed E-state index contributed by atoms with van der Waals surface area (Å²) in [5.41, 5.74) is 3.27. The van der Waals surface area contributed by atoms with Crippen molar-refractivity contribution in [2.24, 2.45) is 0 Å². The van der Waals surface area contributed by atoms with E-state index in [2.05, 4.69) is 65.5 Å². The molecule has 0 bridgehead atoms. The maximum absolute atomic E-state index is 13.4. The number of ether oxygens (including phenoxy) is 1. The molecule has 3 aliphatic heterocycles. The van der Waals surface area contributed by atoms with Crippen molar-refractivity contribution < 1.29 is 14.3 Å². The van der Waals surface area contributed by atoms with Crippen molar-refractivity contribution in [2.45, 2.75) is 22.9 Å². The van der Waals surface area contributed by atoms with Gasteiger partial charge in [-0.1, -0.05) is 23.9 Å². The van der Waals surface area contributed by atoms with E-state index in [0.717, 1.165) is 48.4 Å². The van der Waals surface area contributed by atoms with Crippen LogP contribution in [-0.2, 0) is 11.3 Å². The molecule has 0 saturated carbocycles. The number of methoxy groups -OCH3 is 1. The van der Waals surface area contributed by atoms with E-state index in [9.17, 15) is 9.59 Å². The lowest BCUT2D eigenvalue weighted by molar-refractivity contribution is -0.116. The number of benzene rings is 2. The average molecular weight is 611 g/mol. The van der Waals surface area contributed by atoms with Gasteiger partial charge in [0.05, 0.1) is 28.9 Å². The van der Waals surface area contributed by atoms with E-state index in [1.165, 1.54) is 28.6 Å². The van der Waals surface area contributed by atoms with Crippen molar-refractivity contribution in [1.29, 1.82) is 0 Å². The van der Waals surface area contributed by atoms with Crippen LogP contribution < -0.4 is 20.3 Å². The zero-order valence-electron chi connectivity index (χ0n) is 21.6. The van der Waals surface area contributed by atoms with Crippen LogP contribution in [0.15, 0.2) is 58.3 Å². The summed E-state index contributed by atoms with van der Waals surface area (Å²) in [5, 5.41) is 6.15. The van der Waals surface area contributed by atoms with Gasteiger partial charge in [-0.15, -0.1) is 0 Å². The molecule has 0 aliphatic carbocycles. The molecule has 2 aromatic carbocycles. The summed E-state index contributed by atoms with van der Waals surface area (Å²) in [6, 6.07) is 12.5. The first-order valence-electron chi connectivity index (χ1n) is 12.7. The lowest BCUT2D eigenvalue weighted by atomic mass is 10.0. The minimum atomic E-state index is -0.578. The molecule has 12 heteroatoms. The largest absolute Gasteiger partial charge is 0.495 e. The van der Waals surface area contributed by atoms with Gasteiger partial charge in [0.2, 0.25) is 5.91 Å². The number of hydrogen-bond donors (Lipinski definition) is 2. The molecule has 1 saturated heterocycles. The molecule has 1 aromatic heterocycles. The van der Waals surface area contributed by atoms with E-state index < -0.39 is 11.3 Å². The number of piperazine rings is 1. The number of carbonyl (C=O) groups is 2. The summed E-state index contributed by atoms with van der Waals surface area (Å²) in [7, 11) is 3.72. The number of hydrogen-bond acceptors (Lipinski definition) is 8. The number of nitrogens with zero attached hydrogens (tertiary/aromatic N) is 5. The lowest BCUT2D eigenvalue weighted by Crippen LogP contribution is -2.48. The Balaban J connectivity index is 1.18. The second-order valence-electron chi connectivity index (χ2n) is 9.80. The van der Waals surface area contributed by atoms with Crippen LogP contribution in [0.2, 0.25) is 0 Å². The summed E-state index contributed by atoms with van der Waals surface area (Å²) >= 11 is 4.79. The first kappa shape index (κ1) is 26.1. The standard InChI is InChI=1S/C27H28BrN7O3S/c1-33-9-11-34(12-10-33)14-16-3-5-17(6-4-16)31-25(36)23-22-21-24(29-15-30-26(21)39-23)35(27(37)32-22)18-7-8-19(28)20(13-18)38-2/h3-8,13,15,22-23H,9-12,14H2,1-2H3,(H,31,36)(H,32,37). The lowest BCUT2D eigenvalue weighted by Gasteiger charge is -2.33. The Morgan fingerprint density at radius 1 is 1.15 bits per heavy atom. The fraction of sp³-hybridized carbons (Fsp3) is 0.333. The highest BCUT2D eigenvalue weighted by Gasteiger charge is 2.47. The first-order valence-corrected chi connectivity index (χ1v) is 14.3. The number of anilines is 3. The Labute approximate surface area is 239 Å². The molecule has 2 atom stereocenters. The molecule has 2 N–H and O–H groups in total. The monoisotopic (exact) mass is 609 g/mol. The molecular formula is C27H28BrN7O3S. The smallest absolute Gasteiger partial charge is 0.328 e. The number of rotatable bonds is 6. The van der Waals surface area contributed by atoms with E-state index in [0.29, 0.717) is 22.3 Å². The molecule has 2 unspecified atom stereocenters. The molecule has 10 nitrogen and oxygen atoms in total. The van der Waals surface area contributed by atoms with Gasteiger partial charge in [0.1, 0.15) is 22.4 Å². The zero-order valence-corrected chi connectivity index (χ0v) is 24.0. The third-order valence-corrected chi connectivity index (χ3v) is 9.19. The normalized spacial score (nSPS) is 20.9. The third kappa shape index (κ3) is 5.09. The van der Waals surface area contributed by atoms with Gasteiger partial charge >= 0.3 is 6.03 Å². The Kier molecular flexibility index (Phi) is 7.19. The Bertz CT molecular complexity index is 1410. The number of amides is 3. The van der Waals surface area contributed by atoms with Gasteiger partial charge in [0, 0.05) is 44.5 Å². The maximum atomic E-state index is 13.4. The highest BCUT2D eigenvalue weighted by molar-refractivity contribution is 9.10. The Hall–Kier alpha value is -3.19. The van der Waals surface area contributed by atoms with Gasteiger partial charge < -0.3 is 20.3 Å². The van der Waals surface area contributed by atoms with Crippen LogP contribution in [0.1, 0.15) is 17.2 Å². The maximum Gasteiger partial charge on any atom is 0.328 e. The van der Waals surface area contributed by atoms with E-state index in [4.69, 9.17) is 4.74 Å². The molecule has 4 heterocycles.